The molecule has 1 aromatic rings. The predicted octanol–water partition coefficient (Wildman–Crippen LogP) is -1.76. The average Bonchev–Trinajstić information content (AvgIpc) is 2.13. The molecule has 15 heavy (non-hydrogen) atoms. The highest BCUT2D eigenvalue weighted by Gasteiger charge is 2.11. The van der Waals surface area contributed by atoms with E-state index in [0.29, 0.717) is 0 Å². The summed E-state index contributed by atoms with van der Waals surface area (Å²) < 4.78 is 1.14. The number of nitrogens with one attached hydrogen (secondary N) is 1. The Morgan fingerprint density at radius 1 is 1.60 bits per heavy atom. The molecule has 0 fully saturated rings. The number of amides is 1. The monoisotopic (exact) mass is 212 g/mol. The lowest BCUT2D eigenvalue weighted by Crippen LogP contribution is -2.35. The minimum atomic E-state index is -0.636. The smallest absolute Gasteiger partial charge is 0.328 e. The van der Waals surface area contributed by atoms with Crippen LogP contribution in [0, 0.1) is 5.92 Å². The third-order valence-corrected chi connectivity index (χ3v) is 1.99. The van der Waals surface area contributed by atoms with Gasteiger partial charge in [0, 0.05) is 12.7 Å². The number of primary amides is 1. The van der Waals surface area contributed by atoms with Crippen LogP contribution < -0.4 is 22.7 Å². The molecule has 1 amide bonds. The Morgan fingerprint density at radius 3 is 2.73 bits per heavy atom. The second-order valence-corrected chi connectivity index (χ2v) is 3.30. The van der Waals surface area contributed by atoms with Gasteiger partial charge in [-0.1, -0.05) is 6.92 Å². The Labute approximate surface area is 84.7 Å². The van der Waals surface area contributed by atoms with Crippen molar-refractivity contribution < 1.29 is 4.79 Å². The first-order valence-corrected chi connectivity index (χ1v) is 4.30. The molecule has 0 aromatic carbocycles. The number of nitrogens with zero attached hydrogens (tertiary/aromatic N) is 1. The van der Waals surface area contributed by atoms with Crippen LogP contribution in [-0.4, -0.2) is 15.5 Å². The lowest BCUT2D eigenvalue weighted by atomic mass is 10.2. The van der Waals surface area contributed by atoms with Gasteiger partial charge < -0.3 is 11.5 Å². The van der Waals surface area contributed by atoms with Crippen molar-refractivity contribution in [3.05, 3.63) is 27.0 Å². The van der Waals surface area contributed by atoms with Crippen LogP contribution in [0.25, 0.3) is 0 Å². The summed E-state index contributed by atoms with van der Waals surface area (Å²) in [4.78, 5) is 35.0. The number of anilines is 1. The Morgan fingerprint density at radius 2 is 2.20 bits per heavy atom. The van der Waals surface area contributed by atoms with Crippen molar-refractivity contribution in [3.63, 3.8) is 0 Å². The van der Waals surface area contributed by atoms with Gasteiger partial charge in [0.2, 0.25) is 5.91 Å². The fourth-order valence-corrected chi connectivity index (χ4v) is 1.05. The fourth-order valence-electron chi connectivity index (χ4n) is 1.05. The zero-order valence-corrected chi connectivity index (χ0v) is 8.19. The third kappa shape index (κ3) is 2.46. The number of hydrogen-bond acceptors (Lipinski definition) is 4. The molecule has 5 N–H and O–H groups in total. The van der Waals surface area contributed by atoms with Crippen molar-refractivity contribution in [1.82, 2.24) is 9.55 Å². The first kappa shape index (κ1) is 11.0. The summed E-state index contributed by atoms with van der Waals surface area (Å²) in [6.07, 6.45) is 1.20. The normalized spacial score (nSPS) is 12.3. The van der Waals surface area contributed by atoms with Gasteiger partial charge in [0.1, 0.15) is 5.69 Å². The van der Waals surface area contributed by atoms with Gasteiger partial charge in [-0.2, -0.15) is 0 Å². The van der Waals surface area contributed by atoms with E-state index in [1.54, 1.807) is 6.92 Å². The Hall–Kier alpha value is -2.05. The molecule has 7 nitrogen and oxygen atoms in total. The summed E-state index contributed by atoms with van der Waals surface area (Å²) >= 11 is 0. The lowest BCUT2D eigenvalue weighted by Gasteiger charge is -2.09. The molecule has 0 aliphatic heterocycles. The summed E-state index contributed by atoms with van der Waals surface area (Å²) in [5, 5.41) is 0. The molecule has 0 saturated heterocycles. The Balaban J connectivity index is 3.06. The second-order valence-electron chi connectivity index (χ2n) is 3.30. The van der Waals surface area contributed by atoms with Gasteiger partial charge in [0.25, 0.3) is 5.56 Å². The highest BCUT2D eigenvalue weighted by molar-refractivity contribution is 5.76. The quantitative estimate of drug-likeness (QED) is 0.549. The van der Waals surface area contributed by atoms with E-state index in [4.69, 9.17) is 11.5 Å². The van der Waals surface area contributed by atoms with Crippen molar-refractivity contribution in [1.29, 1.82) is 0 Å². The highest BCUT2D eigenvalue weighted by Crippen LogP contribution is 1.97. The van der Waals surface area contributed by atoms with E-state index in [9.17, 15) is 14.4 Å². The van der Waals surface area contributed by atoms with Gasteiger partial charge >= 0.3 is 5.69 Å². The number of carbonyl (C=O) groups is 1. The summed E-state index contributed by atoms with van der Waals surface area (Å²) in [6, 6.07) is 0. The SMILES string of the molecule is CC(Cn1cc(N)c(=O)[nH]c1=O)C(N)=O. The van der Waals surface area contributed by atoms with Crippen LogP contribution in [0.2, 0.25) is 0 Å². The molecule has 7 heteroatoms. The lowest BCUT2D eigenvalue weighted by molar-refractivity contribution is -0.121. The largest absolute Gasteiger partial charge is 0.393 e. The molecule has 0 saturated carbocycles. The molecule has 1 atom stereocenters. The van der Waals surface area contributed by atoms with Crippen molar-refractivity contribution in [3.8, 4) is 0 Å². The van der Waals surface area contributed by atoms with E-state index in [2.05, 4.69) is 0 Å². The van der Waals surface area contributed by atoms with E-state index >= 15 is 0 Å². The molecule has 0 spiro atoms. The van der Waals surface area contributed by atoms with Crippen LogP contribution in [-0.2, 0) is 11.3 Å². The molecule has 0 bridgehead atoms. The zero-order valence-electron chi connectivity index (χ0n) is 8.19. The molecule has 1 unspecified atom stereocenters. The third-order valence-electron chi connectivity index (χ3n) is 1.99. The molecule has 0 radical (unpaired) electrons. The molecule has 1 rings (SSSR count). The van der Waals surface area contributed by atoms with Gasteiger partial charge in [0.05, 0.1) is 5.92 Å². The topological polar surface area (TPSA) is 124 Å². The summed E-state index contributed by atoms with van der Waals surface area (Å²) in [7, 11) is 0. The minimum Gasteiger partial charge on any atom is -0.393 e. The first-order valence-electron chi connectivity index (χ1n) is 4.30. The van der Waals surface area contributed by atoms with Gasteiger partial charge in [-0.25, -0.2) is 4.79 Å². The van der Waals surface area contributed by atoms with Crippen LogP contribution in [0.15, 0.2) is 15.8 Å². The number of H-pyrrole nitrogens is 1. The molecule has 1 aromatic heterocycles. The first-order chi connectivity index (χ1) is 6.91. The molecular weight excluding hydrogens is 200 g/mol. The maximum absolute atomic E-state index is 11.3. The van der Waals surface area contributed by atoms with Crippen LogP contribution in [0.3, 0.4) is 0 Å². The average molecular weight is 212 g/mol. The van der Waals surface area contributed by atoms with Crippen LogP contribution in [0.4, 0.5) is 5.69 Å². The van der Waals surface area contributed by atoms with Gasteiger partial charge in [-0.3, -0.25) is 19.1 Å². The maximum atomic E-state index is 11.3. The number of rotatable bonds is 3. The van der Waals surface area contributed by atoms with E-state index in [1.165, 1.54) is 6.20 Å². The second kappa shape index (κ2) is 3.99. The van der Waals surface area contributed by atoms with E-state index < -0.39 is 23.1 Å². The van der Waals surface area contributed by atoms with Crippen molar-refractivity contribution in [2.24, 2.45) is 11.7 Å². The summed E-state index contributed by atoms with van der Waals surface area (Å²) in [5.74, 6) is -1.03. The predicted molar refractivity (Wildman–Crippen MR) is 54.1 cm³/mol. The van der Waals surface area contributed by atoms with Crippen molar-refractivity contribution in [2.45, 2.75) is 13.5 Å². The van der Waals surface area contributed by atoms with Gasteiger partial charge in [-0.05, 0) is 0 Å². The number of carbonyl (C=O) groups excluding carboxylic acids is 1. The number of hydrogen-bond donors (Lipinski definition) is 3. The molecule has 0 aliphatic carbocycles. The number of aromatic nitrogens is 2. The highest BCUT2D eigenvalue weighted by atomic mass is 16.2. The number of nitrogens with two attached hydrogens (primary N) is 2. The number of nitrogen functional groups attached to an aromatic ring is 1. The molecule has 1 heterocycles. The zero-order chi connectivity index (χ0) is 11.6. The Kier molecular flexibility index (Phi) is 2.93. The molecule has 0 aliphatic rings. The van der Waals surface area contributed by atoms with Gasteiger partial charge in [0.15, 0.2) is 0 Å². The number of aromatic amines is 1. The van der Waals surface area contributed by atoms with Crippen LogP contribution >= 0.6 is 0 Å². The van der Waals surface area contributed by atoms with E-state index in [0.717, 1.165) is 4.57 Å². The maximum Gasteiger partial charge on any atom is 0.328 e. The fraction of sp³-hybridized carbons (Fsp3) is 0.375. The molecule has 82 valence electrons. The Bertz CT molecular complexity index is 487. The summed E-state index contributed by atoms with van der Waals surface area (Å²) in [5.41, 5.74) is 9.04. The van der Waals surface area contributed by atoms with Gasteiger partial charge in [-0.15, -0.1) is 0 Å². The molecular formula is C8H12N4O3. The van der Waals surface area contributed by atoms with Crippen LogP contribution in [0.1, 0.15) is 6.92 Å². The summed E-state index contributed by atoms with van der Waals surface area (Å²) in [6.45, 7) is 1.67. The van der Waals surface area contributed by atoms with E-state index in [1.807, 2.05) is 4.98 Å². The van der Waals surface area contributed by atoms with E-state index in [-0.39, 0.29) is 12.2 Å². The minimum absolute atomic E-state index is 0.0775. The standard InChI is InChI=1S/C8H12N4O3/c1-4(6(10)13)2-12-3-5(9)7(14)11-8(12)15/h3-4H,2,9H2,1H3,(H2,10,13)(H,11,14,15). The van der Waals surface area contributed by atoms with Crippen molar-refractivity contribution in [2.75, 3.05) is 5.73 Å². The van der Waals surface area contributed by atoms with Crippen molar-refractivity contribution >= 4 is 11.6 Å². The van der Waals surface area contributed by atoms with Crippen LogP contribution in [0.5, 0.6) is 0 Å².